The lowest BCUT2D eigenvalue weighted by atomic mass is 10.1. The van der Waals surface area contributed by atoms with E-state index in [2.05, 4.69) is 20.8 Å². The Hall–Kier alpha value is -3.21. The van der Waals surface area contributed by atoms with Gasteiger partial charge in [-0.3, -0.25) is 4.79 Å². The highest BCUT2D eigenvalue weighted by Crippen LogP contribution is 2.14. The summed E-state index contributed by atoms with van der Waals surface area (Å²) in [6.45, 7) is 1.99. The number of hydrogen-bond acceptors (Lipinski definition) is 4. The molecule has 0 spiro atoms. The Labute approximate surface area is 140 Å². The average molecular weight is 318 g/mol. The lowest BCUT2D eigenvalue weighted by molar-refractivity contribution is -0.115. The van der Waals surface area contributed by atoms with Crippen LogP contribution in [0.2, 0.25) is 0 Å². The predicted octanol–water partition coefficient (Wildman–Crippen LogP) is 3.71. The maximum atomic E-state index is 12.1. The zero-order valence-corrected chi connectivity index (χ0v) is 13.4. The zero-order valence-electron chi connectivity index (χ0n) is 13.4. The third-order valence-electron chi connectivity index (χ3n) is 3.59. The van der Waals surface area contributed by atoms with Crippen LogP contribution >= 0.6 is 0 Å². The number of carbonyl (C=O) groups is 1. The third kappa shape index (κ3) is 4.16. The quantitative estimate of drug-likeness (QED) is 0.752. The van der Waals surface area contributed by atoms with Crippen LogP contribution in [0.25, 0.3) is 0 Å². The number of anilines is 3. The van der Waals surface area contributed by atoms with Crippen molar-refractivity contribution in [2.24, 2.45) is 0 Å². The first-order valence-corrected chi connectivity index (χ1v) is 7.71. The molecule has 0 aliphatic carbocycles. The number of amides is 1. The molecule has 0 unspecified atom stereocenters. The number of benzene rings is 2. The highest BCUT2D eigenvalue weighted by atomic mass is 16.1. The molecule has 1 heterocycles. The number of aryl methyl sites for hydroxylation is 1. The van der Waals surface area contributed by atoms with E-state index >= 15 is 0 Å². The minimum atomic E-state index is -0.109. The number of hydrogen-bond donors (Lipinski definition) is 2. The van der Waals surface area contributed by atoms with E-state index in [-0.39, 0.29) is 5.91 Å². The molecular weight excluding hydrogens is 300 g/mol. The van der Waals surface area contributed by atoms with Gasteiger partial charge in [-0.15, -0.1) is 10.2 Å². The number of rotatable bonds is 5. The molecule has 120 valence electrons. The van der Waals surface area contributed by atoms with E-state index in [1.807, 2.05) is 61.5 Å². The van der Waals surface area contributed by atoms with Crippen molar-refractivity contribution in [1.29, 1.82) is 0 Å². The van der Waals surface area contributed by atoms with Gasteiger partial charge in [-0.2, -0.15) is 0 Å². The maximum absolute atomic E-state index is 12.1. The molecule has 0 bridgehead atoms. The highest BCUT2D eigenvalue weighted by Gasteiger charge is 2.07. The Balaban J connectivity index is 1.60. The van der Waals surface area contributed by atoms with Gasteiger partial charge in [-0.25, -0.2) is 0 Å². The van der Waals surface area contributed by atoms with E-state index in [1.165, 1.54) is 0 Å². The molecule has 0 fully saturated rings. The summed E-state index contributed by atoms with van der Waals surface area (Å²) in [5.41, 5.74) is 3.04. The molecule has 0 radical (unpaired) electrons. The van der Waals surface area contributed by atoms with Crippen molar-refractivity contribution in [2.45, 2.75) is 13.3 Å². The van der Waals surface area contributed by atoms with Crippen molar-refractivity contribution < 1.29 is 4.79 Å². The fourth-order valence-electron chi connectivity index (χ4n) is 2.30. The second kappa shape index (κ2) is 7.37. The normalized spacial score (nSPS) is 10.2. The number of aromatic nitrogens is 2. The number of carbonyl (C=O) groups excluding carboxylic acids is 1. The molecule has 0 aliphatic rings. The summed E-state index contributed by atoms with van der Waals surface area (Å²) in [6.07, 6.45) is 0.318. The lowest BCUT2D eigenvalue weighted by Crippen LogP contribution is -2.16. The molecule has 5 heteroatoms. The minimum Gasteiger partial charge on any atom is -0.339 e. The maximum Gasteiger partial charge on any atom is 0.230 e. The van der Waals surface area contributed by atoms with E-state index in [9.17, 15) is 4.79 Å². The average Bonchev–Trinajstić information content (AvgIpc) is 2.60. The first kappa shape index (κ1) is 15.7. The molecule has 3 aromatic rings. The first-order valence-electron chi connectivity index (χ1n) is 7.71. The van der Waals surface area contributed by atoms with Gasteiger partial charge in [-0.05, 0) is 42.3 Å². The van der Waals surface area contributed by atoms with E-state index < -0.39 is 0 Å². The molecule has 0 aliphatic heterocycles. The van der Waals surface area contributed by atoms with E-state index in [0.717, 1.165) is 16.8 Å². The Bertz CT molecular complexity index is 816. The van der Waals surface area contributed by atoms with Gasteiger partial charge in [0, 0.05) is 5.69 Å². The van der Waals surface area contributed by atoms with Gasteiger partial charge in [0.2, 0.25) is 5.91 Å². The van der Waals surface area contributed by atoms with E-state index in [4.69, 9.17) is 0 Å². The van der Waals surface area contributed by atoms with Gasteiger partial charge >= 0.3 is 0 Å². The summed E-state index contributed by atoms with van der Waals surface area (Å²) >= 11 is 0. The minimum absolute atomic E-state index is 0.109. The Kier molecular flexibility index (Phi) is 4.81. The molecule has 0 saturated carbocycles. The fourth-order valence-corrected chi connectivity index (χ4v) is 2.30. The summed E-state index contributed by atoms with van der Waals surface area (Å²) in [5.74, 6) is 0.952. The summed E-state index contributed by atoms with van der Waals surface area (Å²) < 4.78 is 0. The SMILES string of the molecule is Cc1ccccc1CC(=O)Nc1ccc(Nc2ccccc2)nn1. The fraction of sp³-hybridized carbons (Fsp3) is 0.105. The monoisotopic (exact) mass is 318 g/mol. The second-order valence-electron chi connectivity index (χ2n) is 5.45. The predicted molar refractivity (Wildman–Crippen MR) is 95.3 cm³/mol. The Morgan fingerprint density at radius 1 is 0.875 bits per heavy atom. The molecule has 1 aromatic heterocycles. The van der Waals surface area contributed by atoms with Gasteiger partial charge in [0.05, 0.1) is 6.42 Å². The molecule has 0 atom stereocenters. The van der Waals surface area contributed by atoms with Crippen LogP contribution in [0.1, 0.15) is 11.1 Å². The van der Waals surface area contributed by atoms with Crippen LogP contribution in [0.5, 0.6) is 0 Å². The van der Waals surface area contributed by atoms with Gasteiger partial charge in [0.15, 0.2) is 11.6 Å². The van der Waals surface area contributed by atoms with Gasteiger partial charge in [0.25, 0.3) is 0 Å². The van der Waals surface area contributed by atoms with Gasteiger partial charge in [-0.1, -0.05) is 42.5 Å². The van der Waals surface area contributed by atoms with Crippen LogP contribution in [0, 0.1) is 6.92 Å². The van der Waals surface area contributed by atoms with Crippen LogP contribution in [-0.4, -0.2) is 16.1 Å². The molecule has 1 amide bonds. The van der Waals surface area contributed by atoms with Gasteiger partial charge < -0.3 is 10.6 Å². The first-order chi connectivity index (χ1) is 11.7. The number of nitrogens with one attached hydrogen (secondary N) is 2. The summed E-state index contributed by atoms with van der Waals surface area (Å²) in [5, 5.41) is 14.0. The van der Waals surface area contributed by atoms with Crippen molar-refractivity contribution in [1.82, 2.24) is 10.2 Å². The highest BCUT2D eigenvalue weighted by molar-refractivity contribution is 5.91. The third-order valence-corrected chi connectivity index (χ3v) is 3.59. The van der Waals surface area contributed by atoms with E-state index in [0.29, 0.717) is 18.1 Å². The largest absolute Gasteiger partial charge is 0.339 e. The molecule has 5 nitrogen and oxygen atoms in total. The van der Waals surface area contributed by atoms with Crippen molar-refractivity contribution in [3.63, 3.8) is 0 Å². The van der Waals surface area contributed by atoms with Crippen LogP contribution in [-0.2, 0) is 11.2 Å². The molecule has 3 rings (SSSR count). The summed E-state index contributed by atoms with van der Waals surface area (Å²) in [7, 11) is 0. The van der Waals surface area contributed by atoms with Crippen molar-refractivity contribution in [3.8, 4) is 0 Å². The topological polar surface area (TPSA) is 66.9 Å². The van der Waals surface area contributed by atoms with Crippen molar-refractivity contribution in [2.75, 3.05) is 10.6 Å². The van der Waals surface area contributed by atoms with Gasteiger partial charge in [0.1, 0.15) is 0 Å². The summed E-state index contributed by atoms with van der Waals surface area (Å²) in [4.78, 5) is 12.1. The van der Waals surface area contributed by atoms with Crippen molar-refractivity contribution >= 4 is 23.2 Å². The Morgan fingerprint density at radius 2 is 1.54 bits per heavy atom. The second-order valence-corrected chi connectivity index (χ2v) is 5.45. The van der Waals surface area contributed by atoms with E-state index in [1.54, 1.807) is 12.1 Å². The van der Waals surface area contributed by atoms with Crippen LogP contribution in [0.4, 0.5) is 17.3 Å². The smallest absolute Gasteiger partial charge is 0.230 e. The lowest BCUT2D eigenvalue weighted by Gasteiger charge is -2.08. The summed E-state index contributed by atoms with van der Waals surface area (Å²) in [6, 6.07) is 21.1. The molecule has 2 N–H and O–H groups in total. The Morgan fingerprint density at radius 3 is 2.25 bits per heavy atom. The molecule has 0 saturated heterocycles. The van der Waals surface area contributed by atoms with Crippen LogP contribution in [0.15, 0.2) is 66.7 Å². The zero-order chi connectivity index (χ0) is 16.8. The standard InChI is InChI=1S/C19H18N4O/c1-14-7-5-6-8-15(14)13-19(24)21-18-12-11-17(22-23-18)20-16-9-3-2-4-10-16/h2-12H,13H2,1H3,(H,20,22)(H,21,23,24). The molecular formula is C19H18N4O. The molecule has 2 aromatic carbocycles. The molecule has 24 heavy (non-hydrogen) atoms. The number of nitrogens with zero attached hydrogens (tertiary/aromatic N) is 2. The van der Waals surface area contributed by atoms with Crippen LogP contribution < -0.4 is 10.6 Å². The van der Waals surface area contributed by atoms with Crippen LogP contribution in [0.3, 0.4) is 0 Å². The van der Waals surface area contributed by atoms with Crippen molar-refractivity contribution in [3.05, 3.63) is 77.9 Å². The number of para-hydroxylation sites is 1.